The third kappa shape index (κ3) is 3.25. The number of hydrogen-bond donors (Lipinski definition) is 1. The molecule has 20 heavy (non-hydrogen) atoms. The molecule has 1 heteroatoms. The fourth-order valence-electron chi connectivity index (χ4n) is 3.77. The average Bonchev–Trinajstić information content (AvgIpc) is 2.42. The molecule has 2 rings (SSSR count). The van der Waals surface area contributed by atoms with E-state index in [0.29, 0.717) is 5.92 Å². The number of nitrogens with two attached hydrogens (primary N) is 1. The second kappa shape index (κ2) is 6.30. The normalized spacial score (nSPS) is 24.9. The zero-order valence-corrected chi connectivity index (χ0v) is 13.9. The summed E-state index contributed by atoms with van der Waals surface area (Å²) in [5.41, 5.74) is 12.1. The van der Waals surface area contributed by atoms with E-state index in [0.717, 1.165) is 11.8 Å². The molecule has 0 aliphatic heterocycles. The van der Waals surface area contributed by atoms with Gasteiger partial charge in [0.05, 0.1) is 0 Å². The first-order chi connectivity index (χ1) is 9.40. The largest absolute Gasteiger partial charge is 0.324 e. The third-order valence-electron chi connectivity index (χ3n) is 5.51. The van der Waals surface area contributed by atoms with E-state index in [2.05, 4.69) is 46.8 Å². The van der Waals surface area contributed by atoms with Crippen LogP contribution in [0.25, 0.3) is 0 Å². The molecule has 112 valence electrons. The molecule has 1 atom stereocenters. The van der Waals surface area contributed by atoms with Gasteiger partial charge in [0.1, 0.15) is 0 Å². The van der Waals surface area contributed by atoms with E-state index in [1.54, 1.807) is 0 Å². The van der Waals surface area contributed by atoms with Crippen LogP contribution in [0.2, 0.25) is 0 Å². The van der Waals surface area contributed by atoms with Crippen molar-refractivity contribution in [3.8, 4) is 0 Å². The van der Waals surface area contributed by atoms with Gasteiger partial charge in [-0.15, -0.1) is 0 Å². The van der Waals surface area contributed by atoms with E-state index in [9.17, 15) is 0 Å². The van der Waals surface area contributed by atoms with Crippen LogP contribution >= 0.6 is 0 Å². The molecule has 0 saturated heterocycles. The molecule has 0 radical (unpaired) electrons. The fraction of sp³-hybridized carbons (Fsp3) is 0.684. The maximum atomic E-state index is 6.61. The van der Waals surface area contributed by atoms with Crippen molar-refractivity contribution in [3.05, 3.63) is 34.4 Å². The lowest BCUT2D eigenvalue weighted by molar-refractivity contribution is 0.203. The molecule has 0 amide bonds. The van der Waals surface area contributed by atoms with E-state index in [4.69, 9.17) is 5.73 Å². The lowest BCUT2D eigenvalue weighted by Crippen LogP contribution is -2.28. The molecule has 1 aliphatic carbocycles. The molecule has 0 spiro atoms. The van der Waals surface area contributed by atoms with Gasteiger partial charge in [0.25, 0.3) is 0 Å². The summed E-state index contributed by atoms with van der Waals surface area (Å²) < 4.78 is 0. The van der Waals surface area contributed by atoms with E-state index in [1.165, 1.54) is 47.9 Å². The molecule has 0 bridgehead atoms. The van der Waals surface area contributed by atoms with Crippen molar-refractivity contribution >= 4 is 0 Å². The van der Waals surface area contributed by atoms with Gasteiger partial charge in [-0.05, 0) is 86.5 Å². The van der Waals surface area contributed by atoms with Crippen molar-refractivity contribution in [1.29, 1.82) is 0 Å². The van der Waals surface area contributed by atoms with Crippen molar-refractivity contribution in [3.63, 3.8) is 0 Å². The summed E-state index contributed by atoms with van der Waals surface area (Å²) in [6.07, 6.45) is 5.33. The molecule has 2 N–H and O–H groups in total. The van der Waals surface area contributed by atoms with E-state index in [1.807, 2.05) is 0 Å². The molecular weight excluding hydrogens is 242 g/mol. The smallest absolute Gasteiger partial charge is 0.0326 e. The number of rotatable bonds is 3. The molecule has 1 nitrogen and oxygen atoms in total. The Kier molecular flexibility index (Phi) is 4.90. The Morgan fingerprint density at radius 3 is 1.90 bits per heavy atom. The van der Waals surface area contributed by atoms with Gasteiger partial charge in [-0.1, -0.05) is 26.0 Å². The summed E-state index contributed by atoms with van der Waals surface area (Å²) in [6.45, 7) is 11.3. The SMILES string of the molecule is Cc1cc(C)c(C(N)C2CCC(C(C)C)CC2)cc1C. The molecule has 1 unspecified atom stereocenters. The van der Waals surface area contributed by atoms with Crippen LogP contribution in [-0.2, 0) is 0 Å². The highest BCUT2D eigenvalue weighted by molar-refractivity contribution is 5.38. The molecule has 1 aromatic rings. The van der Waals surface area contributed by atoms with Crippen molar-refractivity contribution in [1.82, 2.24) is 0 Å². The Morgan fingerprint density at radius 1 is 0.850 bits per heavy atom. The minimum absolute atomic E-state index is 0.224. The summed E-state index contributed by atoms with van der Waals surface area (Å²) in [5, 5.41) is 0. The Morgan fingerprint density at radius 2 is 1.35 bits per heavy atom. The van der Waals surface area contributed by atoms with E-state index < -0.39 is 0 Å². The Labute approximate surface area is 125 Å². The first kappa shape index (κ1) is 15.6. The number of benzene rings is 1. The maximum Gasteiger partial charge on any atom is 0.0326 e. The highest BCUT2D eigenvalue weighted by Gasteiger charge is 2.28. The molecule has 1 aliphatic rings. The first-order valence-corrected chi connectivity index (χ1v) is 8.23. The summed E-state index contributed by atoms with van der Waals surface area (Å²) in [7, 11) is 0. The van der Waals surface area contributed by atoms with Crippen LogP contribution in [0.15, 0.2) is 12.1 Å². The summed E-state index contributed by atoms with van der Waals surface area (Å²) in [5.74, 6) is 2.42. The van der Waals surface area contributed by atoms with Gasteiger partial charge >= 0.3 is 0 Å². The Hall–Kier alpha value is -0.820. The second-order valence-corrected chi connectivity index (χ2v) is 7.24. The molecule has 1 saturated carbocycles. The monoisotopic (exact) mass is 273 g/mol. The molecular formula is C19H31N. The quantitative estimate of drug-likeness (QED) is 0.817. The third-order valence-corrected chi connectivity index (χ3v) is 5.51. The van der Waals surface area contributed by atoms with E-state index >= 15 is 0 Å². The van der Waals surface area contributed by atoms with Crippen molar-refractivity contribution in [2.45, 2.75) is 66.3 Å². The molecule has 1 aromatic carbocycles. The van der Waals surface area contributed by atoms with Gasteiger partial charge < -0.3 is 5.73 Å². The van der Waals surface area contributed by atoms with Gasteiger partial charge in [-0.2, -0.15) is 0 Å². The van der Waals surface area contributed by atoms with Gasteiger partial charge in [-0.3, -0.25) is 0 Å². The van der Waals surface area contributed by atoms with Gasteiger partial charge in [0.2, 0.25) is 0 Å². The molecule has 0 heterocycles. The predicted molar refractivity (Wildman–Crippen MR) is 87.9 cm³/mol. The first-order valence-electron chi connectivity index (χ1n) is 8.23. The Bertz CT molecular complexity index is 453. The highest BCUT2D eigenvalue weighted by atomic mass is 14.7. The average molecular weight is 273 g/mol. The highest BCUT2D eigenvalue weighted by Crippen LogP contribution is 2.39. The second-order valence-electron chi connectivity index (χ2n) is 7.24. The number of hydrogen-bond acceptors (Lipinski definition) is 1. The Balaban J connectivity index is 2.09. The van der Waals surface area contributed by atoms with Crippen LogP contribution in [0.4, 0.5) is 0 Å². The van der Waals surface area contributed by atoms with Crippen LogP contribution < -0.4 is 5.73 Å². The molecule has 1 fully saturated rings. The van der Waals surface area contributed by atoms with Crippen LogP contribution in [0, 0.1) is 38.5 Å². The van der Waals surface area contributed by atoms with Gasteiger partial charge in [0.15, 0.2) is 0 Å². The summed E-state index contributed by atoms with van der Waals surface area (Å²) >= 11 is 0. The van der Waals surface area contributed by atoms with Crippen molar-refractivity contribution < 1.29 is 0 Å². The summed E-state index contributed by atoms with van der Waals surface area (Å²) in [4.78, 5) is 0. The van der Waals surface area contributed by atoms with Crippen LogP contribution in [0.5, 0.6) is 0 Å². The van der Waals surface area contributed by atoms with Gasteiger partial charge in [0, 0.05) is 6.04 Å². The summed E-state index contributed by atoms with van der Waals surface area (Å²) in [6, 6.07) is 4.84. The standard InChI is InChI=1S/C19H31N/c1-12(2)16-6-8-17(9-7-16)19(20)18-11-14(4)13(3)10-15(18)5/h10-12,16-17,19H,6-9,20H2,1-5H3. The maximum absolute atomic E-state index is 6.61. The molecule has 0 aromatic heterocycles. The van der Waals surface area contributed by atoms with Crippen molar-refractivity contribution in [2.24, 2.45) is 23.5 Å². The zero-order chi connectivity index (χ0) is 14.9. The topological polar surface area (TPSA) is 26.0 Å². The van der Waals surface area contributed by atoms with Crippen molar-refractivity contribution in [2.75, 3.05) is 0 Å². The predicted octanol–water partition coefficient (Wildman–Crippen LogP) is 5.07. The van der Waals surface area contributed by atoms with Crippen LogP contribution in [-0.4, -0.2) is 0 Å². The van der Waals surface area contributed by atoms with Gasteiger partial charge in [-0.25, -0.2) is 0 Å². The fourth-order valence-corrected chi connectivity index (χ4v) is 3.77. The zero-order valence-electron chi connectivity index (χ0n) is 13.9. The number of aryl methyl sites for hydroxylation is 3. The van der Waals surface area contributed by atoms with Crippen LogP contribution in [0.1, 0.15) is 67.8 Å². The lowest BCUT2D eigenvalue weighted by Gasteiger charge is -2.34. The minimum Gasteiger partial charge on any atom is -0.324 e. The van der Waals surface area contributed by atoms with E-state index in [-0.39, 0.29) is 6.04 Å². The lowest BCUT2D eigenvalue weighted by atomic mass is 9.73. The van der Waals surface area contributed by atoms with Crippen LogP contribution in [0.3, 0.4) is 0 Å². The minimum atomic E-state index is 0.224.